The van der Waals surface area contributed by atoms with E-state index in [-0.39, 0.29) is 0 Å². The maximum atomic E-state index is 5.48. The van der Waals surface area contributed by atoms with Gasteiger partial charge in [-0.05, 0) is 31.0 Å². The summed E-state index contributed by atoms with van der Waals surface area (Å²) in [6.45, 7) is 6.67. The Bertz CT molecular complexity index is 159. The molecule has 0 rings (SSSR count). The predicted molar refractivity (Wildman–Crippen MR) is 67.3 cm³/mol. The maximum Gasteiger partial charge on any atom is 0.163 e. The van der Waals surface area contributed by atoms with E-state index in [1.807, 2.05) is 0 Å². The molecule has 0 aromatic rings. The lowest BCUT2D eigenvalue weighted by molar-refractivity contribution is 0.372. The Labute approximate surface area is 93.6 Å². The lowest BCUT2D eigenvalue weighted by atomic mass is 9.92. The maximum absolute atomic E-state index is 5.48. The van der Waals surface area contributed by atoms with Gasteiger partial charge in [0.1, 0.15) is 0 Å². The minimum atomic E-state index is 0.434. The fourth-order valence-corrected chi connectivity index (χ4v) is 1.99. The summed E-state index contributed by atoms with van der Waals surface area (Å²) >= 11 is 4.86. The highest BCUT2D eigenvalue weighted by molar-refractivity contribution is 7.80. The van der Waals surface area contributed by atoms with Gasteiger partial charge in [0.05, 0.1) is 0 Å². The zero-order valence-corrected chi connectivity index (χ0v) is 10.5. The SMILES string of the molecule is CCCC(CC)CC(CC)NC(N)=S. The van der Waals surface area contributed by atoms with Crippen LogP contribution in [0, 0.1) is 5.92 Å². The van der Waals surface area contributed by atoms with Crippen LogP contribution in [-0.4, -0.2) is 11.2 Å². The Balaban J connectivity index is 3.93. The molecule has 14 heavy (non-hydrogen) atoms. The summed E-state index contributed by atoms with van der Waals surface area (Å²) < 4.78 is 0. The van der Waals surface area contributed by atoms with E-state index < -0.39 is 0 Å². The predicted octanol–water partition coefficient (Wildman–Crippen LogP) is 2.81. The molecule has 2 unspecified atom stereocenters. The van der Waals surface area contributed by atoms with E-state index in [2.05, 4.69) is 26.1 Å². The van der Waals surface area contributed by atoms with Crippen LogP contribution in [0.3, 0.4) is 0 Å². The first-order valence-corrected chi connectivity index (χ1v) is 6.10. The van der Waals surface area contributed by atoms with Crippen LogP contribution in [0.4, 0.5) is 0 Å². The molecule has 3 heteroatoms. The van der Waals surface area contributed by atoms with Crippen molar-refractivity contribution < 1.29 is 0 Å². The van der Waals surface area contributed by atoms with E-state index in [0.717, 1.165) is 12.3 Å². The molecule has 0 aliphatic carbocycles. The van der Waals surface area contributed by atoms with Gasteiger partial charge in [0.15, 0.2) is 5.11 Å². The Hall–Kier alpha value is -0.310. The molecule has 0 saturated heterocycles. The lowest BCUT2D eigenvalue weighted by Crippen LogP contribution is -2.39. The minimum absolute atomic E-state index is 0.434. The van der Waals surface area contributed by atoms with E-state index in [9.17, 15) is 0 Å². The van der Waals surface area contributed by atoms with Gasteiger partial charge >= 0.3 is 0 Å². The van der Waals surface area contributed by atoms with Crippen LogP contribution in [0.2, 0.25) is 0 Å². The van der Waals surface area contributed by atoms with Crippen molar-refractivity contribution in [3.8, 4) is 0 Å². The third-order valence-corrected chi connectivity index (χ3v) is 2.85. The molecular weight excluding hydrogens is 192 g/mol. The van der Waals surface area contributed by atoms with Crippen molar-refractivity contribution in [1.82, 2.24) is 5.32 Å². The molecule has 0 spiro atoms. The van der Waals surface area contributed by atoms with Crippen molar-refractivity contribution in [2.75, 3.05) is 0 Å². The van der Waals surface area contributed by atoms with E-state index in [1.165, 1.54) is 25.7 Å². The topological polar surface area (TPSA) is 38.0 Å². The Kier molecular flexibility index (Phi) is 7.86. The van der Waals surface area contributed by atoms with Crippen LogP contribution in [0.25, 0.3) is 0 Å². The molecule has 0 aliphatic rings. The van der Waals surface area contributed by atoms with E-state index in [1.54, 1.807) is 0 Å². The van der Waals surface area contributed by atoms with E-state index in [0.29, 0.717) is 11.2 Å². The van der Waals surface area contributed by atoms with Gasteiger partial charge < -0.3 is 11.1 Å². The zero-order valence-electron chi connectivity index (χ0n) is 9.68. The molecule has 2 nitrogen and oxygen atoms in total. The molecule has 0 aromatic heterocycles. The summed E-state index contributed by atoms with van der Waals surface area (Å²) in [5.74, 6) is 0.812. The van der Waals surface area contributed by atoms with Gasteiger partial charge in [-0.1, -0.05) is 40.0 Å². The number of nitrogens with one attached hydrogen (secondary N) is 1. The standard InChI is InChI=1S/C11H24N2S/c1-4-7-9(5-2)8-10(6-3)13-11(12)14/h9-10H,4-8H2,1-3H3,(H3,12,13,14). The smallest absolute Gasteiger partial charge is 0.163 e. The molecule has 0 radical (unpaired) electrons. The summed E-state index contributed by atoms with van der Waals surface area (Å²) in [6, 6.07) is 0.462. The van der Waals surface area contributed by atoms with Gasteiger partial charge in [-0.15, -0.1) is 0 Å². The highest BCUT2D eigenvalue weighted by Gasteiger charge is 2.13. The van der Waals surface area contributed by atoms with Crippen molar-refractivity contribution in [1.29, 1.82) is 0 Å². The summed E-state index contributed by atoms with van der Waals surface area (Å²) in [5, 5.41) is 3.60. The Morgan fingerprint density at radius 1 is 1.29 bits per heavy atom. The third kappa shape index (κ3) is 6.19. The molecule has 0 bridgehead atoms. The summed E-state index contributed by atoms with van der Waals surface area (Å²) in [7, 11) is 0. The minimum Gasteiger partial charge on any atom is -0.376 e. The second-order valence-electron chi connectivity index (χ2n) is 3.91. The summed E-state index contributed by atoms with van der Waals surface area (Å²) in [5.41, 5.74) is 5.48. The van der Waals surface area contributed by atoms with Gasteiger partial charge in [-0.3, -0.25) is 0 Å². The molecular formula is C11H24N2S. The second-order valence-corrected chi connectivity index (χ2v) is 4.35. The van der Waals surface area contributed by atoms with E-state index >= 15 is 0 Å². The highest BCUT2D eigenvalue weighted by atomic mass is 32.1. The van der Waals surface area contributed by atoms with Gasteiger partial charge in [0.25, 0.3) is 0 Å². The van der Waals surface area contributed by atoms with Crippen LogP contribution < -0.4 is 11.1 Å². The van der Waals surface area contributed by atoms with Crippen LogP contribution in [0.5, 0.6) is 0 Å². The average molecular weight is 216 g/mol. The molecule has 0 saturated carbocycles. The monoisotopic (exact) mass is 216 g/mol. The molecule has 0 amide bonds. The van der Waals surface area contributed by atoms with Crippen LogP contribution >= 0.6 is 12.2 Å². The Morgan fingerprint density at radius 3 is 2.29 bits per heavy atom. The van der Waals surface area contributed by atoms with Crippen LogP contribution in [0.1, 0.15) is 52.9 Å². The first-order chi connectivity index (χ1) is 6.63. The molecule has 2 atom stereocenters. The molecule has 0 heterocycles. The zero-order chi connectivity index (χ0) is 11.0. The molecule has 84 valence electrons. The average Bonchev–Trinajstić information content (AvgIpc) is 2.15. The molecule has 0 aliphatic heterocycles. The van der Waals surface area contributed by atoms with Crippen molar-refractivity contribution >= 4 is 17.3 Å². The van der Waals surface area contributed by atoms with Gasteiger partial charge in [-0.25, -0.2) is 0 Å². The van der Waals surface area contributed by atoms with E-state index in [4.69, 9.17) is 18.0 Å². The van der Waals surface area contributed by atoms with Gasteiger partial charge in [0.2, 0.25) is 0 Å². The largest absolute Gasteiger partial charge is 0.376 e. The number of hydrogen-bond donors (Lipinski definition) is 2. The second kappa shape index (κ2) is 8.04. The van der Waals surface area contributed by atoms with Crippen LogP contribution in [0.15, 0.2) is 0 Å². The van der Waals surface area contributed by atoms with Crippen molar-refractivity contribution in [3.05, 3.63) is 0 Å². The lowest BCUT2D eigenvalue weighted by Gasteiger charge is -2.22. The van der Waals surface area contributed by atoms with Crippen molar-refractivity contribution in [3.63, 3.8) is 0 Å². The fourth-order valence-electron chi connectivity index (χ4n) is 1.83. The quantitative estimate of drug-likeness (QED) is 0.643. The number of thiocarbonyl (C=S) groups is 1. The molecule has 0 aromatic carbocycles. The number of rotatable bonds is 7. The highest BCUT2D eigenvalue weighted by Crippen LogP contribution is 2.18. The molecule has 0 fully saturated rings. The number of hydrogen-bond acceptors (Lipinski definition) is 1. The fraction of sp³-hybridized carbons (Fsp3) is 0.909. The molecule has 3 N–H and O–H groups in total. The first-order valence-electron chi connectivity index (χ1n) is 5.69. The Morgan fingerprint density at radius 2 is 1.93 bits per heavy atom. The van der Waals surface area contributed by atoms with Crippen molar-refractivity contribution in [2.45, 2.75) is 58.9 Å². The normalized spacial score (nSPS) is 14.8. The van der Waals surface area contributed by atoms with Gasteiger partial charge in [0, 0.05) is 6.04 Å². The van der Waals surface area contributed by atoms with Crippen LogP contribution in [-0.2, 0) is 0 Å². The van der Waals surface area contributed by atoms with Crippen molar-refractivity contribution in [2.24, 2.45) is 11.7 Å². The summed E-state index contributed by atoms with van der Waals surface area (Å²) in [4.78, 5) is 0. The first kappa shape index (κ1) is 13.7. The van der Waals surface area contributed by atoms with Gasteiger partial charge in [-0.2, -0.15) is 0 Å². The number of nitrogens with two attached hydrogens (primary N) is 1. The third-order valence-electron chi connectivity index (χ3n) is 2.73. The summed E-state index contributed by atoms with van der Waals surface area (Å²) in [6.07, 6.45) is 6.12.